The summed E-state index contributed by atoms with van der Waals surface area (Å²) in [4.78, 5) is 12.9. The fourth-order valence-electron chi connectivity index (χ4n) is 4.00. The third kappa shape index (κ3) is 3.98. The van der Waals surface area contributed by atoms with E-state index in [4.69, 9.17) is 0 Å². The van der Waals surface area contributed by atoms with Crippen molar-refractivity contribution in [3.63, 3.8) is 0 Å². The smallest absolute Gasteiger partial charge is 0.302 e. The topological polar surface area (TPSA) is 56.3 Å². The summed E-state index contributed by atoms with van der Waals surface area (Å²) in [5.41, 5.74) is 0.774. The summed E-state index contributed by atoms with van der Waals surface area (Å²) in [6, 6.07) is 4.59. The van der Waals surface area contributed by atoms with Gasteiger partial charge < -0.3 is 10.3 Å². The second-order valence-electron chi connectivity index (χ2n) is 7.68. The first-order chi connectivity index (χ1) is 13.4. The molecule has 150 valence electrons. The van der Waals surface area contributed by atoms with Crippen molar-refractivity contribution in [1.82, 2.24) is 20.2 Å². The number of aromatic nitrogens is 2. The molecule has 2 aliphatic heterocycles. The Kier molecular flexibility index (Phi) is 5.25. The molecule has 0 bridgehead atoms. The molecule has 4 heterocycles. The van der Waals surface area contributed by atoms with Crippen LogP contribution in [0.25, 0.3) is 0 Å². The van der Waals surface area contributed by atoms with Crippen LogP contribution in [-0.4, -0.2) is 46.8 Å². The molecule has 4 rings (SSSR count). The van der Waals surface area contributed by atoms with Gasteiger partial charge in [-0.05, 0) is 44.1 Å². The molecule has 0 amide bonds. The van der Waals surface area contributed by atoms with Gasteiger partial charge in [0.05, 0.1) is 12.7 Å². The standard InChI is InChI=1S/C20H24F3N5/c1-13-10-26-19-16(4-7-24-19)18(13)27-15-5-8-28(9-6-15)12-20(22,23)17-3-2-14(21)11-25-17/h2-4,7,10-11,13,15,18,24,27H,5-6,8-9,12H2,1H3. The Bertz CT molecular complexity index is 825. The van der Waals surface area contributed by atoms with Crippen molar-refractivity contribution >= 4 is 12.0 Å². The molecule has 0 spiro atoms. The molecule has 2 atom stereocenters. The summed E-state index contributed by atoms with van der Waals surface area (Å²) in [6.07, 6.45) is 6.27. The van der Waals surface area contributed by atoms with Crippen LogP contribution >= 0.6 is 0 Å². The maximum Gasteiger partial charge on any atom is 0.302 e. The number of H-pyrrole nitrogens is 1. The van der Waals surface area contributed by atoms with Gasteiger partial charge in [0.2, 0.25) is 0 Å². The zero-order valence-corrected chi connectivity index (χ0v) is 15.7. The van der Waals surface area contributed by atoms with Crippen LogP contribution in [0.1, 0.15) is 37.1 Å². The molecule has 1 saturated heterocycles. The lowest BCUT2D eigenvalue weighted by Gasteiger charge is -2.37. The Hall–Kier alpha value is -2.19. The molecule has 2 aromatic heterocycles. The Morgan fingerprint density at radius 2 is 2.04 bits per heavy atom. The molecule has 28 heavy (non-hydrogen) atoms. The van der Waals surface area contributed by atoms with Crippen molar-refractivity contribution < 1.29 is 13.2 Å². The largest absolute Gasteiger partial charge is 0.346 e. The predicted molar refractivity (Wildman–Crippen MR) is 102 cm³/mol. The highest BCUT2D eigenvalue weighted by atomic mass is 19.3. The SMILES string of the molecule is CC1C=Nc2[nH]ccc2C1NC1CCN(CC(F)(F)c2ccc(F)cn2)CC1. The summed E-state index contributed by atoms with van der Waals surface area (Å²) in [6.45, 7) is 2.91. The first-order valence-corrected chi connectivity index (χ1v) is 9.62. The van der Waals surface area contributed by atoms with E-state index in [0.29, 0.717) is 13.1 Å². The zero-order valence-electron chi connectivity index (χ0n) is 15.7. The van der Waals surface area contributed by atoms with Crippen LogP contribution in [0.4, 0.5) is 19.0 Å². The van der Waals surface area contributed by atoms with Gasteiger partial charge >= 0.3 is 5.92 Å². The molecule has 2 aliphatic rings. The second kappa shape index (κ2) is 7.67. The van der Waals surface area contributed by atoms with E-state index in [9.17, 15) is 13.2 Å². The van der Waals surface area contributed by atoms with E-state index < -0.39 is 18.3 Å². The molecule has 0 aliphatic carbocycles. The van der Waals surface area contributed by atoms with Gasteiger partial charge in [-0.25, -0.2) is 9.38 Å². The lowest BCUT2D eigenvalue weighted by molar-refractivity contribution is -0.0471. The number of halogens is 3. The number of piperidine rings is 1. The molecule has 2 unspecified atom stereocenters. The highest BCUT2D eigenvalue weighted by Crippen LogP contribution is 2.34. The Labute approximate surface area is 162 Å². The van der Waals surface area contributed by atoms with Crippen LogP contribution in [0.3, 0.4) is 0 Å². The minimum Gasteiger partial charge on any atom is -0.346 e. The number of pyridine rings is 1. The van der Waals surface area contributed by atoms with Crippen LogP contribution in [-0.2, 0) is 5.92 Å². The normalized spacial score (nSPS) is 23.7. The number of likely N-dealkylation sites (tertiary alicyclic amines) is 1. The van der Waals surface area contributed by atoms with Gasteiger partial charge in [0.25, 0.3) is 0 Å². The number of hydrogen-bond acceptors (Lipinski definition) is 4. The lowest BCUT2D eigenvalue weighted by atomic mass is 9.92. The molecular weight excluding hydrogens is 367 g/mol. The molecule has 0 aromatic carbocycles. The molecule has 2 N–H and O–H groups in total. The van der Waals surface area contributed by atoms with E-state index in [1.807, 2.05) is 18.5 Å². The van der Waals surface area contributed by atoms with Crippen molar-refractivity contribution in [1.29, 1.82) is 0 Å². The first kappa shape index (κ1) is 19.1. The first-order valence-electron chi connectivity index (χ1n) is 9.62. The van der Waals surface area contributed by atoms with Crippen molar-refractivity contribution in [2.75, 3.05) is 19.6 Å². The van der Waals surface area contributed by atoms with Crippen LogP contribution in [0.2, 0.25) is 0 Å². The number of rotatable bonds is 5. The minimum atomic E-state index is -3.09. The van der Waals surface area contributed by atoms with Gasteiger partial charge in [-0.3, -0.25) is 9.88 Å². The number of nitrogens with one attached hydrogen (secondary N) is 2. The summed E-state index contributed by atoms with van der Waals surface area (Å²) >= 11 is 0. The maximum absolute atomic E-state index is 14.5. The molecule has 8 heteroatoms. The quantitative estimate of drug-likeness (QED) is 0.816. The fourth-order valence-corrected chi connectivity index (χ4v) is 4.00. The monoisotopic (exact) mass is 391 g/mol. The summed E-state index contributed by atoms with van der Waals surface area (Å²) in [7, 11) is 0. The highest BCUT2D eigenvalue weighted by Gasteiger charge is 2.37. The van der Waals surface area contributed by atoms with E-state index in [1.54, 1.807) is 4.90 Å². The van der Waals surface area contributed by atoms with Crippen LogP contribution in [0.15, 0.2) is 35.6 Å². The molecule has 5 nitrogen and oxygen atoms in total. The molecule has 2 aromatic rings. The van der Waals surface area contributed by atoms with Gasteiger partial charge in [-0.1, -0.05) is 6.92 Å². The average Bonchev–Trinajstić information content (AvgIpc) is 3.15. The second-order valence-corrected chi connectivity index (χ2v) is 7.68. The van der Waals surface area contributed by atoms with Gasteiger partial charge in [0.1, 0.15) is 17.3 Å². The number of fused-ring (bicyclic) bond motifs is 1. The van der Waals surface area contributed by atoms with Crippen molar-refractivity contribution in [3.05, 3.63) is 47.7 Å². The van der Waals surface area contributed by atoms with E-state index in [0.717, 1.165) is 42.6 Å². The van der Waals surface area contributed by atoms with Crippen LogP contribution < -0.4 is 5.32 Å². The van der Waals surface area contributed by atoms with Crippen LogP contribution in [0, 0.1) is 11.7 Å². The molecule has 0 saturated carbocycles. The maximum atomic E-state index is 14.5. The molecule has 1 fully saturated rings. The predicted octanol–water partition coefficient (Wildman–Crippen LogP) is 3.79. The highest BCUT2D eigenvalue weighted by molar-refractivity contribution is 5.70. The average molecular weight is 391 g/mol. The minimum absolute atomic E-state index is 0.181. The third-order valence-corrected chi connectivity index (χ3v) is 5.58. The Morgan fingerprint density at radius 1 is 1.25 bits per heavy atom. The number of aromatic amines is 1. The van der Waals surface area contributed by atoms with Gasteiger partial charge in [0.15, 0.2) is 0 Å². The Morgan fingerprint density at radius 3 is 2.75 bits per heavy atom. The Balaban J connectivity index is 1.32. The lowest BCUT2D eigenvalue weighted by Crippen LogP contribution is -2.47. The summed E-state index contributed by atoms with van der Waals surface area (Å²) in [5, 5.41) is 3.69. The zero-order chi connectivity index (χ0) is 19.7. The number of alkyl halides is 2. The summed E-state index contributed by atoms with van der Waals surface area (Å²) < 4.78 is 41.9. The molecule has 0 radical (unpaired) electrons. The number of nitrogens with zero attached hydrogens (tertiary/aromatic N) is 3. The fraction of sp³-hybridized carbons (Fsp3) is 0.500. The number of aliphatic imine (C=N–C) groups is 1. The summed E-state index contributed by atoms with van der Waals surface area (Å²) in [5.74, 6) is -2.55. The van der Waals surface area contributed by atoms with Crippen LogP contribution in [0.5, 0.6) is 0 Å². The van der Waals surface area contributed by atoms with Crippen molar-refractivity contribution in [2.45, 2.75) is 37.8 Å². The number of hydrogen-bond donors (Lipinski definition) is 2. The van der Waals surface area contributed by atoms with E-state index in [2.05, 4.69) is 27.2 Å². The van der Waals surface area contributed by atoms with E-state index in [1.165, 1.54) is 0 Å². The van der Waals surface area contributed by atoms with Crippen molar-refractivity contribution in [3.8, 4) is 0 Å². The third-order valence-electron chi connectivity index (χ3n) is 5.58. The van der Waals surface area contributed by atoms with Gasteiger partial charge in [0, 0.05) is 36.0 Å². The van der Waals surface area contributed by atoms with Gasteiger partial charge in [-0.2, -0.15) is 8.78 Å². The van der Waals surface area contributed by atoms with Gasteiger partial charge in [-0.15, -0.1) is 0 Å². The van der Waals surface area contributed by atoms with E-state index >= 15 is 0 Å². The molecular formula is C20H24F3N5. The van der Waals surface area contributed by atoms with Crippen molar-refractivity contribution in [2.24, 2.45) is 10.9 Å². The van der Waals surface area contributed by atoms with E-state index in [-0.39, 0.29) is 23.7 Å².